The molecule has 0 radical (unpaired) electrons. The first-order chi connectivity index (χ1) is 10.5. The molecular weight excluding hydrogens is 270 g/mol. The minimum absolute atomic E-state index is 1.04. The van der Waals surface area contributed by atoms with E-state index in [2.05, 4.69) is 61.8 Å². The summed E-state index contributed by atoms with van der Waals surface area (Å²) < 4.78 is 0. The highest BCUT2D eigenvalue weighted by Crippen LogP contribution is 2.11. The summed E-state index contributed by atoms with van der Waals surface area (Å²) in [6, 6.07) is 0. The summed E-state index contributed by atoms with van der Waals surface area (Å²) in [5.41, 5.74) is 2.58. The van der Waals surface area contributed by atoms with E-state index in [0.717, 1.165) is 13.1 Å². The van der Waals surface area contributed by atoms with Crippen molar-refractivity contribution in [3.63, 3.8) is 0 Å². The quantitative estimate of drug-likeness (QED) is 0.405. The predicted molar refractivity (Wildman–Crippen MR) is 103 cm³/mol. The van der Waals surface area contributed by atoms with Crippen molar-refractivity contribution >= 4 is 6.21 Å². The van der Waals surface area contributed by atoms with E-state index >= 15 is 0 Å². The molecule has 1 aliphatic rings. The molecule has 0 spiro atoms. The van der Waals surface area contributed by atoms with Crippen molar-refractivity contribution in [3.05, 3.63) is 23.4 Å². The molecule has 1 heterocycles. The number of hydrogen-bond acceptors (Lipinski definition) is 3. The Morgan fingerprint density at radius 2 is 1.68 bits per heavy atom. The van der Waals surface area contributed by atoms with Gasteiger partial charge >= 0.3 is 0 Å². The van der Waals surface area contributed by atoms with Gasteiger partial charge in [0.1, 0.15) is 0 Å². The van der Waals surface area contributed by atoms with Crippen molar-refractivity contribution in [2.24, 2.45) is 4.99 Å². The Kier molecular flexibility index (Phi) is 17.2. The summed E-state index contributed by atoms with van der Waals surface area (Å²) in [6.07, 6.45) is 10.4. The highest BCUT2D eigenvalue weighted by atomic mass is 15.1. The molecule has 0 unspecified atom stereocenters. The minimum Gasteiger partial charge on any atom is -0.367 e. The molecular formula is C19H39N3. The number of unbranched alkanes of at least 4 members (excludes halogenated alkanes) is 2. The van der Waals surface area contributed by atoms with Crippen LogP contribution in [0, 0.1) is 0 Å². The van der Waals surface area contributed by atoms with Crippen LogP contribution in [-0.2, 0) is 0 Å². The second-order valence-electron chi connectivity index (χ2n) is 5.54. The molecule has 0 saturated heterocycles. The summed E-state index contributed by atoms with van der Waals surface area (Å²) >= 11 is 0. The Hall–Kier alpha value is -1.09. The average molecular weight is 310 g/mol. The molecule has 0 bridgehead atoms. The molecule has 0 aromatic rings. The Bertz CT molecular complexity index is 320. The van der Waals surface area contributed by atoms with Crippen LogP contribution in [0.25, 0.3) is 0 Å². The molecule has 0 amide bonds. The predicted octanol–water partition coefficient (Wildman–Crippen LogP) is 4.62. The minimum atomic E-state index is 1.04. The van der Waals surface area contributed by atoms with Crippen LogP contribution in [0.15, 0.2) is 28.4 Å². The Balaban J connectivity index is 0. The second-order valence-corrected chi connectivity index (χ2v) is 5.54. The van der Waals surface area contributed by atoms with Gasteiger partial charge in [-0.3, -0.25) is 4.99 Å². The average Bonchev–Trinajstić information content (AvgIpc) is 3.03. The fraction of sp³-hybridized carbons (Fsp3) is 0.737. The normalized spacial score (nSPS) is 14.5. The van der Waals surface area contributed by atoms with Crippen molar-refractivity contribution in [2.75, 3.05) is 40.8 Å². The molecule has 3 heteroatoms. The van der Waals surface area contributed by atoms with Crippen LogP contribution >= 0.6 is 0 Å². The lowest BCUT2D eigenvalue weighted by Crippen LogP contribution is -2.18. The molecule has 22 heavy (non-hydrogen) atoms. The molecule has 130 valence electrons. The number of hydrogen-bond donors (Lipinski definition) is 0. The van der Waals surface area contributed by atoms with Crippen LogP contribution in [0.1, 0.15) is 53.9 Å². The fourth-order valence-corrected chi connectivity index (χ4v) is 1.97. The summed E-state index contributed by atoms with van der Waals surface area (Å²) in [6.45, 7) is 13.8. The lowest BCUT2D eigenvalue weighted by Gasteiger charge is -2.19. The molecule has 0 aromatic heterocycles. The van der Waals surface area contributed by atoms with E-state index in [0.29, 0.717) is 0 Å². The van der Waals surface area contributed by atoms with E-state index in [1.807, 2.05) is 20.1 Å². The van der Waals surface area contributed by atoms with E-state index in [1.165, 1.54) is 37.1 Å². The summed E-state index contributed by atoms with van der Waals surface area (Å²) in [5, 5.41) is 0. The van der Waals surface area contributed by atoms with Crippen molar-refractivity contribution < 1.29 is 0 Å². The molecule has 1 rings (SSSR count). The summed E-state index contributed by atoms with van der Waals surface area (Å²) in [4.78, 5) is 8.56. The third-order valence-corrected chi connectivity index (χ3v) is 3.39. The van der Waals surface area contributed by atoms with E-state index in [4.69, 9.17) is 0 Å². The second kappa shape index (κ2) is 16.3. The van der Waals surface area contributed by atoms with Gasteiger partial charge in [-0.15, -0.1) is 0 Å². The van der Waals surface area contributed by atoms with Gasteiger partial charge in [0, 0.05) is 32.0 Å². The van der Waals surface area contributed by atoms with Crippen LogP contribution < -0.4 is 0 Å². The van der Waals surface area contributed by atoms with Crippen LogP contribution in [0.3, 0.4) is 0 Å². The highest BCUT2D eigenvalue weighted by molar-refractivity contribution is 5.78. The lowest BCUT2D eigenvalue weighted by atomic mass is 10.2. The number of nitrogens with zero attached hydrogens (tertiary/aromatic N) is 3. The van der Waals surface area contributed by atoms with Crippen LogP contribution in [0.5, 0.6) is 0 Å². The van der Waals surface area contributed by atoms with Gasteiger partial charge in [0.2, 0.25) is 0 Å². The molecule has 1 aliphatic heterocycles. The Labute approximate surface area is 139 Å². The van der Waals surface area contributed by atoms with Crippen molar-refractivity contribution in [3.8, 4) is 0 Å². The maximum Gasteiger partial charge on any atom is 0.0360 e. The van der Waals surface area contributed by atoms with Crippen LogP contribution in [0.2, 0.25) is 0 Å². The lowest BCUT2D eigenvalue weighted by molar-refractivity contribution is 0.393. The largest absolute Gasteiger partial charge is 0.367 e. The molecule has 0 aliphatic carbocycles. The Morgan fingerprint density at radius 3 is 2.09 bits per heavy atom. The number of allylic oxidation sites excluding steroid dienone is 2. The van der Waals surface area contributed by atoms with Crippen LogP contribution in [0.4, 0.5) is 0 Å². The van der Waals surface area contributed by atoms with Gasteiger partial charge < -0.3 is 9.80 Å². The zero-order valence-corrected chi connectivity index (χ0v) is 16.3. The van der Waals surface area contributed by atoms with E-state index in [9.17, 15) is 0 Å². The van der Waals surface area contributed by atoms with Gasteiger partial charge in [0.25, 0.3) is 0 Å². The van der Waals surface area contributed by atoms with Gasteiger partial charge in [-0.1, -0.05) is 45.8 Å². The van der Waals surface area contributed by atoms with Gasteiger partial charge in [-0.2, -0.15) is 0 Å². The zero-order chi connectivity index (χ0) is 17.4. The van der Waals surface area contributed by atoms with Gasteiger partial charge in [-0.25, -0.2) is 0 Å². The number of aliphatic imine (C=N–C) groups is 1. The smallest absolute Gasteiger partial charge is 0.0360 e. The summed E-state index contributed by atoms with van der Waals surface area (Å²) in [7, 11) is 6.05. The first kappa shape index (κ1) is 23.2. The topological polar surface area (TPSA) is 18.8 Å². The molecule has 0 saturated carbocycles. The first-order valence-electron chi connectivity index (χ1n) is 8.67. The van der Waals surface area contributed by atoms with E-state index in [1.54, 1.807) is 7.05 Å². The van der Waals surface area contributed by atoms with E-state index in [-0.39, 0.29) is 0 Å². The number of rotatable bonds is 6. The summed E-state index contributed by atoms with van der Waals surface area (Å²) in [5.74, 6) is 0. The third kappa shape index (κ3) is 12.6. The zero-order valence-electron chi connectivity index (χ0n) is 16.3. The third-order valence-electron chi connectivity index (χ3n) is 3.39. The van der Waals surface area contributed by atoms with Gasteiger partial charge in [0.05, 0.1) is 0 Å². The fourth-order valence-electron chi connectivity index (χ4n) is 1.97. The molecule has 0 aromatic carbocycles. The van der Waals surface area contributed by atoms with Crippen molar-refractivity contribution in [1.82, 2.24) is 9.80 Å². The molecule has 0 atom stereocenters. The standard InChI is InChI=1S/C10H16N2.C7H17N.C2H6/c1-9(8-11-3)10(2)12-6-4-5-7-12;1-4-5-6-7-8(2)3;1-2/h4-5,8H,6-7H2,1-3H3;4-7H2,1-3H3;1-2H3/b10-9+,11-8?;;. The monoisotopic (exact) mass is 309 g/mol. The van der Waals surface area contributed by atoms with Crippen molar-refractivity contribution in [1.29, 1.82) is 0 Å². The van der Waals surface area contributed by atoms with Gasteiger partial charge in [0.15, 0.2) is 0 Å². The Morgan fingerprint density at radius 1 is 1.14 bits per heavy atom. The van der Waals surface area contributed by atoms with E-state index < -0.39 is 0 Å². The highest BCUT2D eigenvalue weighted by Gasteiger charge is 2.07. The van der Waals surface area contributed by atoms with Gasteiger partial charge in [-0.05, 0) is 46.5 Å². The first-order valence-corrected chi connectivity index (χ1v) is 8.67. The maximum absolute atomic E-state index is 4.00. The molecule has 0 N–H and O–H groups in total. The molecule has 3 nitrogen and oxygen atoms in total. The molecule has 0 fully saturated rings. The SMILES string of the molecule is CC.CCCCCN(C)C.CN=C/C(C)=C(\C)N1CC=CC1. The van der Waals surface area contributed by atoms with Crippen LogP contribution in [-0.4, -0.2) is 56.8 Å². The van der Waals surface area contributed by atoms with Crippen molar-refractivity contribution in [2.45, 2.75) is 53.9 Å². The maximum atomic E-state index is 4.00.